The fourth-order valence-electron chi connectivity index (χ4n) is 2.38. The van der Waals surface area contributed by atoms with E-state index in [1.165, 1.54) is 7.05 Å². The molecule has 4 N–H and O–H groups in total. The normalized spacial score (nSPS) is 22.6. The molecule has 7 nitrogen and oxygen atoms in total. The van der Waals surface area contributed by atoms with Gasteiger partial charge in [-0.3, -0.25) is 14.9 Å². The highest BCUT2D eigenvalue weighted by Gasteiger charge is 2.30. The van der Waals surface area contributed by atoms with Crippen LogP contribution < -0.4 is 16.0 Å². The van der Waals surface area contributed by atoms with Crippen molar-refractivity contribution in [3.63, 3.8) is 0 Å². The van der Waals surface area contributed by atoms with Gasteiger partial charge in [-0.1, -0.05) is 12.8 Å². The second-order valence-electron chi connectivity index (χ2n) is 4.75. The average molecular weight is 271 g/mol. The van der Waals surface area contributed by atoms with E-state index in [0.717, 1.165) is 19.3 Å². The van der Waals surface area contributed by atoms with Gasteiger partial charge in [0.15, 0.2) is 0 Å². The van der Waals surface area contributed by atoms with Crippen LogP contribution >= 0.6 is 0 Å². The second-order valence-corrected chi connectivity index (χ2v) is 4.75. The van der Waals surface area contributed by atoms with Crippen LogP contribution in [0.15, 0.2) is 0 Å². The molecular weight excluding hydrogens is 250 g/mol. The fourth-order valence-corrected chi connectivity index (χ4v) is 2.38. The van der Waals surface area contributed by atoms with Crippen LogP contribution in [-0.2, 0) is 9.59 Å². The molecule has 7 heteroatoms. The number of carboxylic acid groups (broad SMARTS) is 1. The van der Waals surface area contributed by atoms with E-state index < -0.39 is 17.9 Å². The predicted molar refractivity (Wildman–Crippen MR) is 68.6 cm³/mol. The minimum atomic E-state index is -0.763. The lowest BCUT2D eigenvalue weighted by atomic mass is 9.79. The van der Waals surface area contributed by atoms with E-state index in [1.54, 1.807) is 0 Å². The minimum absolute atomic E-state index is 0.0102. The number of carbonyl (C=O) groups is 3. The summed E-state index contributed by atoms with van der Waals surface area (Å²) in [5.41, 5.74) is 0. The molecular formula is C12H21N3O4. The van der Waals surface area contributed by atoms with Gasteiger partial charge in [0.2, 0.25) is 5.91 Å². The van der Waals surface area contributed by atoms with E-state index in [9.17, 15) is 14.4 Å². The van der Waals surface area contributed by atoms with Gasteiger partial charge < -0.3 is 15.7 Å². The molecule has 2 atom stereocenters. The quantitative estimate of drug-likeness (QED) is 0.559. The Balaban J connectivity index is 2.29. The lowest BCUT2D eigenvalue weighted by Gasteiger charge is -2.28. The van der Waals surface area contributed by atoms with E-state index in [-0.39, 0.29) is 18.4 Å². The van der Waals surface area contributed by atoms with Crippen molar-refractivity contribution in [3.05, 3.63) is 0 Å². The molecule has 1 aliphatic carbocycles. The standard InChI is InChI=1S/C12H21N3O4/c1-13-12(19)15-10(16)7-14-6-8-4-2-3-5-9(8)11(17)18/h8-9,14H,2-7H2,1H3,(H,17,18)(H2,13,15,16,19). The number of hydrogen-bond acceptors (Lipinski definition) is 4. The van der Waals surface area contributed by atoms with Gasteiger partial charge in [-0.05, 0) is 25.3 Å². The van der Waals surface area contributed by atoms with E-state index >= 15 is 0 Å². The molecule has 1 fully saturated rings. The highest BCUT2D eigenvalue weighted by Crippen LogP contribution is 2.29. The van der Waals surface area contributed by atoms with E-state index in [2.05, 4.69) is 16.0 Å². The molecule has 0 heterocycles. The number of carbonyl (C=O) groups excluding carboxylic acids is 2. The predicted octanol–water partition coefficient (Wildman–Crippen LogP) is -0.0774. The molecule has 2 unspecified atom stereocenters. The van der Waals surface area contributed by atoms with Gasteiger partial charge in [-0.2, -0.15) is 0 Å². The Morgan fingerprint density at radius 1 is 1.21 bits per heavy atom. The molecule has 0 aromatic rings. The number of rotatable bonds is 5. The van der Waals surface area contributed by atoms with Crippen LogP contribution in [0, 0.1) is 11.8 Å². The molecule has 0 radical (unpaired) electrons. The Bertz CT molecular complexity index is 346. The Labute approximate surface area is 112 Å². The maximum Gasteiger partial charge on any atom is 0.321 e. The molecule has 1 aliphatic rings. The molecule has 0 aromatic carbocycles. The van der Waals surface area contributed by atoms with E-state index in [1.807, 2.05) is 0 Å². The Morgan fingerprint density at radius 3 is 2.53 bits per heavy atom. The molecule has 0 saturated heterocycles. The van der Waals surface area contributed by atoms with Crippen molar-refractivity contribution in [1.82, 2.24) is 16.0 Å². The Hall–Kier alpha value is -1.63. The first-order chi connectivity index (χ1) is 9.04. The molecule has 0 bridgehead atoms. The van der Waals surface area contributed by atoms with Crippen LogP contribution in [0.1, 0.15) is 25.7 Å². The number of nitrogens with one attached hydrogen (secondary N) is 3. The van der Waals surface area contributed by atoms with Crippen molar-refractivity contribution < 1.29 is 19.5 Å². The van der Waals surface area contributed by atoms with E-state index in [4.69, 9.17) is 5.11 Å². The summed E-state index contributed by atoms with van der Waals surface area (Å²) in [4.78, 5) is 33.3. The lowest BCUT2D eigenvalue weighted by molar-refractivity contribution is -0.144. The topological polar surface area (TPSA) is 108 Å². The molecule has 3 amide bonds. The molecule has 1 saturated carbocycles. The third kappa shape index (κ3) is 5.25. The van der Waals surface area contributed by atoms with Gasteiger partial charge in [-0.15, -0.1) is 0 Å². The number of urea groups is 1. The summed E-state index contributed by atoms with van der Waals surface area (Å²) in [7, 11) is 1.43. The summed E-state index contributed by atoms with van der Waals surface area (Å²) < 4.78 is 0. The monoisotopic (exact) mass is 271 g/mol. The van der Waals surface area contributed by atoms with Crippen molar-refractivity contribution in [2.45, 2.75) is 25.7 Å². The van der Waals surface area contributed by atoms with Crippen molar-refractivity contribution in [3.8, 4) is 0 Å². The number of amides is 3. The summed E-state index contributed by atoms with van der Waals surface area (Å²) in [6.45, 7) is 0.494. The highest BCUT2D eigenvalue weighted by molar-refractivity contribution is 5.95. The third-order valence-corrected chi connectivity index (χ3v) is 3.40. The minimum Gasteiger partial charge on any atom is -0.481 e. The largest absolute Gasteiger partial charge is 0.481 e. The molecule has 0 spiro atoms. The van der Waals surface area contributed by atoms with Gasteiger partial charge in [-0.25, -0.2) is 4.79 Å². The molecule has 0 aromatic heterocycles. The SMILES string of the molecule is CNC(=O)NC(=O)CNCC1CCCCC1C(=O)O. The van der Waals surface area contributed by atoms with Crippen LogP contribution in [0.2, 0.25) is 0 Å². The number of hydrogen-bond donors (Lipinski definition) is 4. The zero-order valence-electron chi connectivity index (χ0n) is 11.1. The average Bonchev–Trinajstić information content (AvgIpc) is 2.38. The van der Waals surface area contributed by atoms with Gasteiger partial charge >= 0.3 is 12.0 Å². The summed E-state index contributed by atoms with van der Waals surface area (Å²) in [6.07, 6.45) is 3.54. The fraction of sp³-hybridized carbons (Fsp3) is 0.750. The lowest BCUT2D eigenvalue weighted by Crippen LogP contribution is -2.44. The van der Waals surface area contributed by atoms with Crippen molar-refractivity contribution in [2.24, 2.45) is 11.8 Å². The first-order valence-corrected chi connectivity index (χ1v) is 6.49. The van der Waals surface area contributed by atoms with Crippen molar-refractivity contribution >= 4 is 17.9 Å². The maximum atomic E-state index is 11.3. The van der Waals surface area contributed by atoms with E-state index in [0.29, 0.717) is 13.0 Å². The van der Waals surface area contributed by atoms with Crippen LogP contribution in [-0.4, -0.2) is 43.2 Å². The number of carboxylic acids is 1. The Morgan fingerprint density at radius 2 is 1.89 bits per heavy atom. The zero-order valence-corrected chi connectivity index (χ0v) is 11.1. The Kier molecular flexibility index (Phi) is 6.27. The summed E-state index contributed by atoms with van der Waals surface area (Å²) >= 11 is 0. The van der Waals surface area contributed by atoms with Gasteiger partial charge in [0.25, 0.3) is 0 Å². The van der Waals surface area contributed by atoms with Crippen molar-refractivity contribution in [2.75, 3.05) is 20.1 Å². The van der Waals surface area contributed by atoms with Crippen LogP contribution in [0.5, 0.6) is 0 Å². The number of imide groups is 1. The highest BCUT2D eigenvalue weighted by atomic mass is 16.4. The zero-order chi connectivity index (χ0) is 14.3. The first kappa shape index (κ1) is 15.4. The van der Waals surface area contributed by atoms with Gasteiger partial charge in [0, 0.05) is 7.05 Å². The van der Waals surface area contributed by atoms with Crippen LogP contribution in [0.4, 0.5) is 4.79 Å². The molecule has 0 aliphatic heterocycles. The molecule has 108 valence electrons. The number of aliphatic carboxylic acids is 1. The van der Waals surface area contributed by atoms with Crippen molar-refractivity contribution in [1.29, 1.82) is 0 Å². The summed E-state index contributed by atoms with van der Waals surface area (Å²) in [5, 5.41) is 16.4. The smallest absolute Gasteiger partial charge is 0.321 e. The molecule has 1 rings (SSSR count). The van der Waals surface area contributed by atoms with Crippen LogP contribution in [0.3, 0.4) is 0 Å². The molecule has 19 heavy (non-hydrogen) atoms. The summed E-state index contributed by atoms with van der Waals surface area (Å²) in [5.74, 6) is -1.47. The summed E-state index contributed by atoms with van der Waals surface area (Å²) in [6, 6.07) is -0.548. The van der Waals surface area contributed by atoms with Crippen LogP contribution in [0.25, 0.3) is 0 Å². The van der Waals surface area contributed by atoms with Gasteiger partial charge in [0.05, 0.1) is 12.5 Å². The van der Waals surface area contributed by atoms with Gasteiger partial charge in [0.1, 0.15) is 0 Å². The first-order valence-electron chi connectivity index (χ1n) is 6.49. The second kappa shape index (κ2) is 7.73. The third-order valence-electron chi connectivity index (χ3n) is 3.40. The maximum absolute atomic E-state index is 11.3.